The molecule has 0 atom stereocenters. The Bertz CT molecular complexity index is 518. The first-order valence-electron chi connectivity index (χ1n) is 5.09. The average molecular weight is 300 g/mol. The van der Waals surface area contributed by atoms with Crippen molar-refractivity contribution in [2.45, 2.75) is 6.18 Å². The van der Waals surface area contributed by atoms with Crippen LogP contribution >= 0.6 is 0 Å². The zero-order valence-electron chi connectivity index (χ0n) is 9.59. The maximum Gasteiger partial charge on any atom is 0.433 e. The molecule has 1 rings (SSSR count). The van der Waals surface area contributed by atoms with Crippen molar-refractivity contribution in [2.75, 3.05) is 24.7 Å². The van der Waals surface area contributed by atoms with Gasteiger partial charge in [-0.25, -0.2) is 13.4 Å². The van der Waals surface area contributed by atoms with E-state index in [9.17, 15) is 21.6 Å². The van der Waals surface area contributed by atoms with E-state index in [0.29, 0.717) is 6.07 Å². The predicted octanol–water partition coefficient (Wildman–Crippen LogP) is 0.281. The fraction of sp³-hybridized carbons (Fsp3) is 0.556. The summed E-state index contributed by atoms with van der Waals surface area (Å²) in [5, 5.41) is 8.47. The zero-order chi connectivity index (χ0) is 14.5. The molecule has 19 heavy (non-hydrogen) atoms. The highest BCUT2D eigenvalue weighted by Gasteiger charge is 2.33. The van der Waals surface area contributed by atoms with Crippen LogP contribution in [0.3, 0.4) is 0 Å². The molecule has 0 fully saturated rings. The molecule has 0 spiro atoms. The summed E-state index contributed by atoms with van der Waals surface area (Å²) in [6.45, 7) is -0.911. The summed E-state index contributed by atoms with van der Waals surface area (Å²) >= 11 is 0. The highest BCUT2D eigenvalue weighted by atomic mass is 32.2. The first-order chi connectivity index (χ1) is 8.74. The number of sulfone groups is 1. The number of aromatic nitrogens is 2. The highest BCUT2D eigenvalue weighted by molar-refractivity contribution is 7.91. The summed E-state index contributed by atoms with van der Waals surface area (Å²) in [7, 11) is -3.49. The molecule has 6 nitrogen and oxygen atoms in total. The molecule has 10 heteroatoms. The monoisotopic (exact) mass is 300 g/mol. The first-order valence-corrected chi connectivity index (χ1v) is 6.91. The van der Waals surface area contributed by atoms with Gasteiger partial charge in [-0.1, -0.05) is 0 Å². The van der Waals surface area contributed by atoms with Gasteiger partial charge in [0.1, 0.15) is 6.61 Å². The number of nitrogens with zero attached hydrogens (tertiary/aromatic N) is 2. The van der Waals surface area contributed by atoms with Crippen molar-refractivity contribution >= 4 is 9.84 Å². The Kier molecular flexibility index (Phi) is 5.06. The highest BCUT2D eigenvalue weighted by Crippen LogP contribution is 2.27. The maximum absolute atomic E-state index is 12.3. The molecule has 108 valence electrons. The fourth-order valence-electron chi connectivity index (χ4n) is 1.07. The van der Waals surface area contributed by atoms with E-state index >= 15 is 0 Å². The van der Waals surface area contributed by atoms with Crippen molar-refractivity contribution in [3.8, 4) is 6.01 Å². The third-order valence-electron chi connectivity index (χ3n) is 1.95. The Balaban J connectivity index is 2.60. The van der Waals surface area contributed by atoms with Crippen LogP contribution in [0.15, 0.2) is 12.3 Å². The summed E-state index contributed by atoms with van der Waals surface area (Å²) in [5.41, 5.74) is -1.17. The standard InChI is InChI=1S/C9H11F3N2O4S/c10-9(11,12)7-1-2-13-8(14-7)18-4-6-19(16,17)5-3-15/h1-2,15H,3-6H2. The second kappa shape index (κ2) is 6.15. The molecular weight excluding hydrogens is 289 g/mol. The van der Waals surface area contributed by atoms with Gasteiger partial charge in [0.05, 0.1) is 18.1 Å². The van der Waals surface area contributed by atoms with Crippen molar-refractivity contribution in [3.05, 3.63) is 18.0 Å². The van der Waals surface area contributed by atoms with Crippen LogP contribution in [0.4, 0.5) is 13.2 Å². The lowest BCUT2D eigenvalue weighted by atomic mass is 10.4. The van der Waals surface area contributed by atoms with Gasteiger partial charge < -0.3 is 9.84 Å². The van der Waals surface area contributed by atoms with Gasteiger partial charge in [-0.3, -0.25) is 0 Å². The molecule has 0 aliphatic carbocycles. The van der Waals surface area contributed by atoms with E-state index in [2.05, 4.69) is 9.97 Å². The maximum atomic E-state index is 12.3. The summed E-state index contributed by atoms with van der Waals surface area (Å²) in [4.78, 5) is 6.55. The van der Waals surface area contributed by atoms with Crippen LogP contribution in [0.5, 0.6) is 6.01 Å². The number of hydrogen-bond donors (Lipinski definition) is 1. The summed E-state index contributed by atoms with van der Waals surface area (Å²) in [6, 6.07) is 0.129. The average Bonchev–Trinajstić information content (AvgIpc) is 2.28. The van der Waals surface area contributed by atoms with Crippen LogP contribution in [0, 0.1) is 0 Å². The SMILES string of the molecule is O=S(=O)(CCO)CCOc1nccc(C(F)(F)F)n1. The normalized spacial score (nSPS) is 12.4. The molecule has 0 unspecified atom stereocenters. The molecule has 1 N–H and O–H groups in total. The number of hydrogen-bond acceptors (Lipinski definition) is 6. The quantitative estimate of drug-likeness (QED) is 0.812. The van der Waals surface area contributed by atoms with E-state index in [1.54, 1.807) is 0 Å². The Morgan fingerprint density at radius 1 is 1.32 bits per heavy atom. The molecule has 0 amide bonds. The van der Waals surface area contributed by atoms with Crippen LogP contribution in [0.25, 0.3) is 0 Å². The first kappa shape index (κ1) is 15.6. The Morgan fingerprint density at radius 2 is 2.00 bits per heavy atom. The number of alkyl halides is 3. The van der Waals surface area contributed by atoms with Gasteiger partial charge in [0.15, 0.2) is 15.5 Å². The van der Waals surface area contributed by atoms with Crippen molar-refractivity contribution in [1.29, 1.82) is 0 Å². The smallest absolute Gasteiger partial charge is 0.433 e. The van der Waals surface area contributed by atoms with E-state index in [1.165, 1.54) is 0 Å². The van der Waals surface area contributed by atoms with Crippen LogP contribution in [-0.2, 0) is 16.0 Å². The van der Waals surface area contributed by atoms with Gasteiger partial charge in [-0.2, -0.15) is 18.2 Å². The molecular formula is C9H11F3N2O4S. The second-order valence-corrected chi connectivity index (χ2v) is 5.75. The van der Waals surface area contributed by atoms with Crippen LogP contribution in [0.2, 0.25) is 0 Å². The van der Waals surface area contributed by atoms with Gasteiger partial charge in [-0.05, 0) is 6.07 Å². The Labute approximate surface area is 107 Å². The number of halogens is 3. The number of aliphatic hydroxyl groups is 1. The van der Waals surface area contributed by atoms with Crippen molar-refractivity contribution in [2.24, 2.45) is 0 Å². The molecule has 0 bridgehead atoms. The lowest BCUT2D eigenvalue weighted by Crippen LogP contribution is -2.19. The fourth-order valence-corrected chi connectivity index (χ4v) is 1.89. The van der Waals surface area contributed by atoms with Crippen molar-refractivity contribution in [1.82, 2.24) is 9.97 Å². The minimum atomic E-state index is -4.62. The molecule has 0 aliphatic heterocycles. The lowest BCUT2D eigenvalue weighted by Gasteiger charge is -2.08. The number of rotatable bonds is 6. The Morgan fingerprint density at radius 3 is 2.58 bits per heavy atom. The Hall–Kier alpha value is -1.42. The summed E-state index contributed by atoms with van der Waals surface area (Å²) in [6.07, 6.45) is -3.75. The molecule has 0 saturated heterocycles. The van der Waals surface area contributed by atoms with E-state index in [0.717, 1.165) is 6.20 Å². The van der Waals surface area contributed by atoms with Crippen LogP contribution in [-0.4, -0.2) is 48.2 Å². The van der Waals surface area contributed by atoms with E-state index in [4.69, 9.17) is 9.84 Å². The minimum absolute atomic E-state index is 0.385. The summed E-state index contributed by atoms with van der Waals surface area (Å²) < 4.78 is 64.0. The van der Waals surface area contributed by atoms with E-state index in [-0.39, 0.29) is 6.61 Å². The molecule has 1 aromatic heterocycles. The minimum Gasteiger partial charge on any atom is -0.462 e. The van der Waals surface area contributed by atoms with Gasteiger partial charge >= 0.3 is 12.2 Å². The zero-order valence-corrected chi connectivity index (χ0v) is 10.4. The van der Waals surface area contributed by atoms with Gasteiger partial charge in [0, 0.05) is 6.20 Å². The van der Waals surface area contributed by atoms with Crippen LogP contribution < -0.4 is 4.74 Å². The predicted molar refractivity (Wildman–Crippen MR) is 58.3 cm³/mol. The molecule has 0 saturated carbocycles. The van der Waals surface area contributed by atoms with E-state index < -0.39 is 45.8 Å². The van der Waals surface area contributed by atoms with Gasteiger partial charge in [0.25, 0.3) is 0 Å². The largest absolute Gasteiger partial charge is 0.462 e. The third-order valence-corrected chi connectivity index (χ3v) is 3.54. The topological polar surface area (TPSA) is 89.4 Å². The molecule has 1 heterocycles. The molecule has 0 aromatic carbocycles. The number of ether oxygens (including phenoxy) is 1. The van der Waals surface area contributed by atoms with Gasteiger partial charge in [-0.15, -0.1) is 0 Å². The van der Waals surface area contributed by atoms with Crippen molar-refractivity contribution in [3.63, 3.8) is 0 Å². The van der Waals surface area contributed by atoms with Gasteiger partial charge in [0.2, 0.25) is 0 Å². The second-order valence-electron chi connectivity index (χ2n) is 3.45. The molecule has 0 radical (unpaired) electrons. The van der Waals surface area contributed by atoms with Crippen LogP contribution in [0.1, 0.15) is 5.69 Å². The number of aliphatic hydroxyl groups excluding tert-OH is 1. The third kappa shape index (κ3) is 5.39. The molecule has 0 aliphatic rings. The molecule has 1 aromatic rings. The lowest BCUT2D eigenvalue weighted by molar-refractivity contribution is -0.141. The van der Waals surface area contributed by atoms with Crippen molar-refractivity contribution < 1.29 is 31.4 Å². The summed E-state index contributed by atoms with van der Waals surface area (Å²) in [5.74, 6) is -0.868. The van der Waals surface area contributed by atoms with E-state index in [1.807, 2.05) is 0 Å².